The summed E-state index contributed by atoms with van der Waals surface area (Å²) in [5, 5.41) is 10.7. The predicted molar refractivity (Wildman–Crippen MR) is 34.3 cm³/mol. The maximum Gasteiger partial charge on any atom is 0.320 e. The topological polar surface area (TPSA) is 92.4 Å². The molecule has 0 unspecified atom stereocenters. The molecule has 1 amide bonds. The van der Waals surface area contributed by atoms with Gasteiger partial charge in [0.15, 0.2) is 0 Å². The molecule has 5 heteroatoms. The Morgan fingerprint density at radius 1 is 1.70 bits per heavy atom. The first-order chi connectivity index (χ1) is 4.54. The van der Waals surface area contributed by atoms with Gasteiger partial charge in [-0.2, -0.15) is 0 Å². The fraction of sp³-hybridized carbons (Fsp3) is 0.600. The number of amides is 1. The van der Waals surface area contributed by atoms with E-state index in [1.54, 1.807) is 0 Å². The Hall–Kier alpha value is -1.10. The predicted octanol–water partition coefficient (Wildman–Crippen LogP) is -1.47. The smallest absolute Gasteiger partial charge is 0.320 e. The summed E-state index contributed by atoms with van der Waals surface area (Å²) in [5.74, 6) is -1.56. The minimum Gasteiger partial charge on any atom is -0.480 e. The van der Waals surface area contributed by atoms with Crippen LogP contribution in [0.3, 0.4) is 0 Å². The van der Waals surface area contributed by atoms with Crippen LogP contribution in [0.4, 0.5) is 0 Å². The van der Waals surface area contributed by atoms with Gasteiger partial charge in [0.05, 0.1) is 6.54 Å². The van der Waals surface area contributed by atoms with Gasteiger partial charge in [-0.15, -0.1) is 0 Å². The molecule has 0 aromatic rings. The lowest BCUT2D eigenvalue weighted by Gasteiger charge is -2.05. The van der Waals surface area contributed by atoms with Gasteiger partial charge < -0.3 is 10.8 Å². The zero-order chi connectivity index (χ0) is 8.15. The van der Waals surface area contributed by atoms with Crippen molar-refractivity contribution in [2.45, 2.75) is 13.0 Å². The van der Waals surface area contributed by atoms with Gasteiger partial charge in [-0.1, -0.05) is 0 Å². The summed E-state index contributed by atoms with van der Waals surface area (Å²) in [4.78, 5) is 20.2. The number of carboxylic acid groups (broad SMARTS) is 1. The third-order valence-electron chi connectivity index (χ3n) is 0.953. The molecular weight excluding hydrogens is 136 g/mol. The van der Waals surface area contributed by atoms with Gasteiger partial charge in [-0.05, 0) is 6.92 Å². The highest BCUT2D eigenvalue weighted by Crippen LogP contribution is 1.77. The maximum absolute atomic E-state index is 10.1. The lowest BCUT2D eigenvalue weighted by atomic mass is 10.3. The van der Waals surface area contributed by atoms with Crippen LogP contribution < -0.4 is 11.1 Å². The number of hydrogen-bond donors (Lipinski definition) is 3. The second-order valence-corrected chi connectivity index (χ2v) is 1.91. The summed E-state index contributed by atoms with van der Waals surface area (Å²) in [6, 6.07) is -0.729. The molecule has 1 atom stereocenters. The molecule has 5 nitrogen and oxygen atoms in total. The molecule has 0 rings (SSSR count). The lowest BCUT2D eigenvalue weighted by Crippen LogP contribution is -2.39. The van der Waals surface area contributed by atoms with Gasteiger partial charge in [0.25, 0.3) is 0 Å². The summed E-state index contributed by atoms with van der Waals surface area (Å²) in [5.41, 5.74) is 4.75. The number of nitrogens with two attached hydrogens (primary N) is 1. The number of carboxylic acids is 1. The molecule has 0 aliphatic rings. The first-order valence-corrected chi connectivity index (χ1v) is 2.78. The molecule has 0 spiro atoms. The Bertz CT molecular complexity index is 146. The van der Waals surface area contributed by atoms with Crippen LogP contribution in [0.1, 0.15) is 6.92 Å². The van der Waals surface area contributed by atoms with Crippen LogP contribution in [0.5, 0.6) is 0 Å². The Kier molecular flexibility index (Phi) is 3.42. The first kappa shape index (κ1) is 8.90. The molecule has 0 aromatic carbocycles. The molecular formula is C5H10N2O3. The van der Waals surface area contributed by atoms with E-state index in [2.05, 4.69) is 5.32 Å². The van der Waals surface area contributed by atoms with E-state index < -0.39 is 17.9 Å². The highest BCUT2D eigenvalue weighted by Gasteiger charge is 2.09. The van der Waals surface area contributed by atoms with Crippen LogP contribution in [-0.4, -0.2) is 29.6 Å². The van der Waals surface area contributed by atoms with Crippen molar-refractivity contribution in [1.29, 1.82) is 0 Å². The molecule has 0 radical (unpaired) electrons. The number of nitrogens with one attached hydrogen (secondary N) is 1. The van der Waals surface area contributed by atoms with E-state index in [1.807, 2.05) is 0 Å². The van der Waals surface area contributed by atoms with Gasteiger partial charge in [0.2, 0.25) is 5.91 Å². The summed E-state index contributed by atoms with van der Waals surface area (Å²) >= 11 is 0. The fourth-order valence-electron chi connectivity index (χ4n) is 0.341. The Balaban J connectivity index is 3.49. The monoisotopic (exact) mass is 146 g/mol. The van der Waals surface area contributed by atoms with E-state index in [1.165, 1.54) is 6.92 Å². The standard InChI is InChI=1S/C5H10N2O3/c1-3(5(9)10)7-2-4(6)8/h3,7H,2H2,1H3,(H2,6,8)(H,9,10)/t3-/m1/s1. The van der Waals surface area contributed by atoms with Crippen molar-refractivity contribution in [3.63, 3.8) is 0 Å². The summed E-state index contributed by atoms with van der Waals surface area (Å²) in [6.45, 7) is 1.33. The molecule has 0 heterocycles. The van der Waals surface area contributed by atoms with Crippen molar-refractivity contribution < 1.29 is 14.7 Å². The average Bonchev–Trinajstić information content (AvgIpc) is 1.82. The van der Waals surface area contributed by atoms with Crippen molar-refractivity contribution in [3.8, 4) is 0 Å². The number of carbonyl (C=O) groups excluding carboxylic acids is 1. The highest BCUT2D eigenvalue weighted by molar-refractivity contribution is 5.78. The molecule has 4 N–H and O–H groups in total. The minimum atomic E-state index is -0.999. The zero-order valence-corrected chi connectivity index (χ0v) is 5.63. The number of rotatable bonds is 4. The molecule has 0 saturated heterocycles. The Morgan fingerprint density at radius 3 is 2.50 bits per heavy atom. The van der Waals surface area contributed by atoms with E-state index in [0.29, 0.717) is 0 Å². The minimum absolute atomic E-state index is 0.104. The van der Waals surface area contributed by atoms with Crippen LogP contribution in [0, 0.1) is 0 Å². The molecule has 0 saturated carbocycles. The van der Waals surface area contributed by atoms with E-state index in [4.69, 9.17) is 10.8 Å². The summed E-state index contributed by atoms with van der Waals surface area (Å²) in [7, 11) is 0. The summed E-state index contributed by atoms with van der Waals surface area (Å²) < 4.78 is 0. The van der Waals surface area contributed by atoms with Crippen molar-refractivity contribution in [2.24, 2.45) is 5.73 Å². The van der Waals surface area contributed by atoms with Gasteiger partial charge >= 0.3 is 5.97 Å². The molecule has 0 aliphatic carbocycles. The maximum atomic E-state index is 10.1. The van der Waals surface area contributed by atoms with Crippen molar-refractivity contribution in [2.75, 3.05) is 6.54 Å². The zero-order valence-electron chi connectivity index (χ0n) is 5.63. The number of aliphatic carboxylic acids is 1. The SMILES string of the molecule is C[C@@H](NCC(N)=O)C(=O)O. The Labute approximate surface area is 58.2 Å². The Morgan fingerprint density at radius 2 is 2.20 bits per heavy atom. The van der Waals surface area contributed by atoms with Crippen LogP contribution >= 0.6 is 0 Å². The van der Waals surface area contributed by atoms with Gasteiger partial charge in [-0.3, -0.25) is 14.9 Å². The van der Waals surface area contributed by atoms with Crippen LogP contribution in [-0.2, 0) is 9.59 Å². The number of hydrogen-bond acceptors (Lipinski definition) is 3. The molecule has 0 fully saturated rings. The van der Waals surface area contributed by atoms with Crippen molar-refractivity contribution in [1.82, 2.24) is 5.32 Å². The van der Waals surface area contributed by atoms with Gasteiger partial charge in [0, 0.05) is 0 Å². The van der Waals surface area contributed by atoms with E-state index in [9.17, 15) is 9.59 Å². The molecule has 0 bridgehead atoms. The third-order valence-corrected chi connectivity index (χ3v) is 0.953. The molecule has 58 valence electrons. The first-order valence-electron chi connectivity index (χ1n) is 2.78. The molecule has 0 aliphatic heterocycles. The number of carbonyl (C=O) groups is 2. The summed E-state index contributed by atoms with van der Waals surface area (Å²) in [6.07, 6.45) is 0. The quantitative estimate of drug-likeness (QED) is 0.451. The lowest BCUT2D eigenvalue weighted by molar-refractivity contribution is -0.139. The normalized spacial score (nSPS) is 12.5. The third kappa shape index (κ3) is 3.85. The van der Waals surface area contributed by atoms with Gasteiger partial charge in [-0.25, -0.2) is 0 Å². The van der Waals surface area contributed by atoms with Crippen LogP contribution in [0.15, 0.2) is 0 Å². The van der Waals surface area contributed by atoms with E-state index in [0.717, 1.165) is 0 Å². The second-order valence-electron chi connectivity index (χ2n) is 1.91. The van der Waals surface area contributed by atoms with Crippen molar-refractivity contribution >= 4 is 11.9 Å². The highest BCUT2D eigenvalue weighted by atomic mass is 16.4. The largest absolute Gasteiger partial charge is 0.480 e. The average molecular weight is 146 g/mol. The second kappa shape index (κ2) is 3.84. The fourth-order valence-corrected chi connectivity index (χ4v) is 0.341. The molecule has 0 aromatic heterocycles. The van der Waals surface area contributed by atoms with Crippen molar-refractivity contribution in [3.05, 3.63) is 0 Å². The van der Waals surface area contributed by atoms with E-state index in [-0.39, 0.29) is 6.54 Å². The van der Waals surface area contributed by atoms with Crippen LogP contribution in [0.25, 0.3) is 0 Å². The van der Waals surface area contributed by atoms with Gasteiger partial charge in [0.1, 0.15) is 6.04 Å². The number of primary amides is 1. The molecule has 10 heavy (non-hydrogen) atoms. The van der Waals surface area contributed by atoms with E-state index >= 15 is 0 Å². The van der Waals surface area contributed by atoms with Crippen LogP contribution in [0.2, 0.25) is 0 Å².